The number of ether oxygens (including phenoxy) is 5. The van der Waals surface area contributed by atoms with Crippen LogP contribution in [0.4, 0.5) is 0 Å². The molecular weight excluding hydrogens is 596 g/mol. The SMILES string of the molecule is c1ccc(COC[C@H]2O[C@@H](c3csc4c(Oc5ccccc5)ncnc34)[C@H](OCc3ccccc3)[C@H]2OCc2ccccc2)cc1. The van der Waals surface area contributed by atoms with E-state index in [-0.39, 0.29) is 6.10 Å². The Morgan fingerprint density at radius 1 is 0.630 bits per heavy atom. The molecule has 1 fully saturated rings. The van der Waals surface area contributed by atoms with Crippen molar-refractivity contribution in [1.29, 1.82) is 0 Å². The Balaban J connectivity index is 1.20. The van der Waals surface area contributed by atoms with Gasteiger partial charge in [-0.25, -0.2) is 9.97 Å². The average molecular weight is 631 g/mol. The van der Waals surface area contributed by atoms with E-state index in [1.165, 1.54) is 17.7 Å². The van der Waals surface area contributed by atoms with Gasteiger partial charge in [-0.2, -0.15) is 0 Å². The largest absolute Gasteiger partial charge is 0.437 e. The number of fused-ring (bicyclic) bond motifs is 1. The fraction of sp³-hybridized carbons (Fsp3) is 0.211. The van der Waals surface area contributed by atoms with Crippen molar-refractivity contribution in [3.05, 3.63) is 155 Å². The Labute approximate surface area is 272 Å². The number of nitrogens with zero attached hydrogens (tertiary/aromatic N) is 2. The second-order valence-corrected chi connectivity index (χ2v) is 12.0. The van der Waals surface area contributed by atoms with Gasteiger partial charge >= 0.3 is 0 Å². The number of para-hydroxylation sites is 1. The summed E-state index contributed by atoms with van der Waals surface area (Å²) in [6, 6.07) is 40.1. The quantitative estimate of drug-likeness (QED) is 0.127. The molecule has 3 heterocycles. The second-order valence-electron chi connectivity index (χ2n) is 11.1. The van der Waals surface area contributed by atoms with Crippen molar-refractivity contribution in [1.82, 2.24) is 9.97 Å². The Hall–Kier alpha value is -4.44. The van der Waals surface area contributed by atoms with Crippen molar-refractivity contribution in [2.75, 3.05) is 6.61 Å². The number of thiophene rings is 1. The maximum atomic E-state index is 6.84. The van der Waals surface area contributed by atoms with Gasteiger partial charge in [0, 0.05) is 5.56 Å². The molecule has 0 amide bonds. The van der Waals surface area contributed by atoms with E-state index in [0.29, 0.717) is 38.1 Å². The zero-order valence-corrected chi connectivity index (χ0v) is 26.0. The minimum atomic E-state index is -0.456. The van der Waals surface area contributed by atoms with Gasteiger partial charge in [-0.15, -0.1) is 11.3 Å². The summed E-state index contributed by atoms with van der Waals surface area (Å²) in [6.07, 6.45) is -0.129. The number of rotatable bonds is 13. The molecule has 6 aromatic rings. The fourth-order valence-electron chi connectivity index (χ4n) is 5.62. The maximum absolute atomic E-state index is 6.84. The standard InChI is InChI=1S/C38H34N2O5S/c1-5-13-27(14-6-1)21-41-24-32-35(42-22-28-15-7-2-8-16-28)36(43-23-29-17-9-3-10-18-29)34(45-32)31-25-46-37-33(31)39-26-40-38(37)44-30-19-11-4-12-20-30/h1-20,25-26,32,34-36H,21-24H2/t32-,34+,35+,36+/m1/s1. The molecule has 46 heavy (non-hydrogen) atoms. The lowest BCUT2D eigenvalue weighted by atomic mass is 10.0. The summed E-state index contributed by atoms with van der Waals surface area (Å²) in [7, 11) is 0. The van der Waals surface area contributed by atoms with Gasteiger partial charge in [0.1, 0.15) is 41.2 Å². The van der Waals surface area contributed by atoms with E-state index >= 15 is 0 Å². The number of aromatic nitrogens is 2. The molecule has 4 atom stereocenters. The molecule has 4 aromatic carbocycles. The molecule has 232 valence electrons. The van der Waals surface area contributed by atoms with E-state index in [1.807, 2.05) is 84.9 Å². The van der Waals surface area contributed by atoms with Gasteiger partial charge in [0.05, 0.1) is 31.9 Å². The van der Waals surface area contributed by atoms with E-state index in [2.05, 4.69) is 46.8 Å². The van der Waals surface area contributed by atoms with Crippen molar-refractivity contribution in [2.45, 2.75) is 44.2 Å². The summed E-state index contributed by atoms with van der Waals surface area (Å²) in [5.74, 6) is 1.22. The zero-order valence-electron chi connectivity index (χ0n) is 25.2. The molecule has 7 nitrogen and oxygen atoms in total. The highest BCUT2D eigenvalue weighted by atomic mass is 32.1. The minimum Gasteiger partial charge on any atom is -0.437 e. The third-order valence-electron chi connectivity index (χ3n) is 7.89. The maximum Gasteiger partial charge on any atom is 0.240 e. The summed E-state index contributed by atoms with van der Waals surface area (Å²) in [6.45, 7) is 1.65. The van der Waals surface area contributed by atoms with Crippen LogP contribution >= 0.6 is 11.3 Å². The van der Waals surface area contributed by atoms with Crippen LogP contribution < -0.4 is 4.74 Å². The molecule has 1 saturated heterocycles. The summed E-state index contributed by atoms with van der Waals surface area (Å²) in [4.78, 5) is 9.16. The Kier molecular flexibility index (Phi) is 9.70. The third-order valence-corrected chi connectivity index (χ3v) is 8.86. The monoisotopic (exact) mass is 630 g/mol. The molecule has 7 rings (SSSR count). The van der Waals surface area contributed by atoms with Crippen LogP contribution in [0.5, 0.6) is 11.6 Å². The number of hydrogen-bond acceptors (Lipinski definition) is 8. The van der Waals surface area contributed by atoms with Gasteiger partial charge in [0.15, 0.2) is 0 Å². The van der Waals surface area contributed by atoms with Crippen LogP contribution in [0, 0.1) is 0 Å². The van der Waals surface area contributed by atoms with Crippen LogP contribution in [0.1, 0.15) is 28.4 Å². The molecule has 1 aliphatic rings. The van der Waals surface area contributed by atoms with Crippen molar-refractivity contribution in [2.24, 2.45) is 0 Å². The molecule has 0 radical (unpaired) electrons. The van der Waals surface area contributed by atoms with E-state index in [4.69, 9.17) is 28.7 Å². The predicted octanol–water partition coefficient (Wildman–Crippen LogP) is 8.31. The summed E-state index contributed by atoms with van der Waals surface area (Å²) >= 11 is 1.53. The number of benzene rings is 4. The topological polar surface area (TPSA) is 71.9 Å². The highest BCUT2D eigenvalue weighted by Gasteiger charge is 2.48. The molecule has 2 aromatic heterocycles. The van der Waals surface area contributed by atoms with Crippen molar-refractivity contribution >= 4 is 21.6 Å². The highest BCUT2D eigenvalue weighted by molar-refractivity contribution is 7.17. The summed E-state index contributed by atoms with van der Waals surface area (Å²) < 4.78 is 33.5. The Morgan fingerprint density at radius 3 is 1.83 bits per heavy atom. The molecule has 1 aliphatic heterocycles. The van der Waals surface area contributed by atoms with Gasteiger partial charge in [0.2, 0.25) is 5.88 Å². The van der Waals surface area contributed by atoms with Crippen LogP contribution in [-0.2, 0) is 38.8 Å². The Bertz CT molecular complexity index is 1800. The van der Waals surface area contributed by atoms with Crippen LogP contribution in [-0.4, -0.2) is 34.9 Å². The van der Waals surface area contributed by atoms with Crippen LogP contribution in [0.15, 0.2) is 133 Å². The molecular formula is C38H34N2O5S. The molecule has 0 saturated carbocycles. The van der Waals surface area contributed by atoms with Gasteiger partial charge in [-0.1, -0.05) is 109 Å². The molecule has 8 heteroatoms. The summed E-state index contributed by atoms with van der Waals surface area (Å²) in [5.41, 5.74) is 4.94. The molecule has 0 aliphatic carbocycles. The lowest BCUT2D eigenvalue weighted by molar-refractivity contribution is -0.0898. The first-order valence-corrected chi connectivity index (χ1v) is 16.2. The Morgan fingerprint density at radius 2 is 1.20 bits per heavy atom. The average Bonchev–Trinajstić information content (AvgIpc) is 3.70. The van der Waals surface area contributed by atoms with Gasteiger partial charge in [-0.05, 0) is 34.2 Å². The zero-order chi connectivity index (χ0) is 31.0. The van der Waals surface area contributed by atoms with Gasteiger partial charge in [-0.3, -0.25) is 0 Å². The van der Waals surface area contributed by atoms with Crippen molar-refractivity contribution < 1.29 is 23.7 Å². The highest BCUT2D eigenvalue weighted by Crippen LogP contribution is 2.44. The molecule has 0 bridgehead atoms. The lowest BCUT2D eigenvalue weighted by Gasteiger charge is -2.25. The predicted molar refractivity (Wildman–Crippen MR) is 178 cm³/mol. The molecule has 0 N–H and O–H groups in total. The third kappa shape index (κ3) is 7.17. The van der Waals surface area contributed by atoms with E-state index in [1.54, 1.807) is 0 Å². The van der Waals surface area contributed by atoms with Crippen LogP contribution in [0.3, 0.4) is 0 Å². The number of hydrogen-bond donors (Lipinski definition) is 0. The van der Waals surface area contributed by atoms with E-state index in [0.717, 1.165) is 32.5 Å². The fourth-order valence-corrected chi connectivity index (χ4v) is 6.59. The van der Waals surface area contributed by atoms with E-state index < -0.39 is 18.3 Å². The van der Waals surface area contributed by atoms with Gasteiger partial charge in [0.25, 0.3) is 0 Å². The van der Waals surface area contributed by atoms with Crippen molar-refractivity contribution in [3.8, 4) is 11.6 Å². The first-order chi connectivity index (χ1) is 22.8. The smallest absolute Gasteiger partial charge is 0.240 e. The molecule has 0 spiro atoms. The van der Waals surface area contributed by atoms with Crippen LogP contribution in [0.2, 0.25) is 0 Å². The van der Waals surface area contributed by atoms with E-state index in [9.17, 15) is 0 Å². The van der Waals surface area contributed by atoms with Crippen molar-refractivity contribution in [3.63, 3.8) is 0 Å². The second kappa shape index (κ2) is 14.8. The lowest BCUT2D eigenvalue weighted by Crippen LogP contribution is -2.37. The normalized spacial score (nSPS) is 19.4. The molecule has 0 unspecified atom stereocenters. The van der Waals surface area contributed by atoms with Gasteiger partial charge < -0.3 is 23.7 Å². The summed E-state index contributed by atoms with van der Waals surface area (Å²) in [5, 5.41) is 2.07. The first kappa shape index (κ1) is 30.2. The first-order valence-electron chi connectivity index (χ1n) is 15.3. The minimum absolute atomic E-state index is 0.343. The van der Waals surface area contributed by atoms with Crippen LogP contribution in [0.25, 0.3) is 10.2 Å².